The molecule has 1 amide bonds. The number of halogens is 1. The van der Waals surface area contributed by atoms with Crippen molar-refractivity contribution in [1.82, 2.24) is 5.32 Å². The highest BCUT2D eigenvalue weighted by atomic mass is 35.5. The van der Waals surface area contributed by atoms with Crippen molar-refractivity contribution >= 4 is 23.6 Å². The van der Waals surface area contributed by atoms with Crippen molar-refractivity contribution in [1.29, 1.82) is 5.26 Å². The van der Waals surface area contributed by atoms with Gasteiger partial charge in [-0.3, -0.25) is 4.79 Å². The molecule has 1 fully saturated rings. The van der Waals surface area contributed by atoms with E-state index in [1.165, 1.54) is 13.2 Å². The van der Waals surface area contributed by atoms with Gasteiger partial charge < -0.3 is 14.8 Å². The van der Waals surface area contributed by atoms with Crippen LogP contribution >= 0.6 is 11.6 Å². The highest BCUT2D eigenvalue weighted by Crippen LogP contribution is 2.38. The third kappa shape index (κ3) is 5.15. The molecule has 26 heavy (non-hydrogen) atoms. The van der Waals surface area contributed by atoms with Crippen LogP contribution in [0.25, 0.3) is 6.08 Å². The Morgan fingerprint density at radius 2 is 2.15 bits per heavy atom. The number of hydrogen-bond acceptors (Lipinski definition) is 4. The van der Waals surface area contributed by atoms with Gasteiger partial charge in [0.25, 0.3) is 5.91 Å². The number of methoxy groups -OCH3 is 1. The van der Waals surface area contributed by atoms with Gasteiger partial charge in [0.2, 0.25) is 0 Å². The summed E-state index contributed by atoms with van der Waals surface area (Å²) >= 11 is 6.34. The predicted molar refractivity (Wildman–Crippen MR) is 102 cm³/mol. The molecule has 140 valence electrons. The number of carbonyl (C=O) groups excluding carboxylic acids is 1. The first-order chi connectivity index (χ1) is 12.5. The summed E-state index contributed by atoms with van der Waals surface area (Å²) in [6.45, 7) is 3.97. The minimum absolute atomic E-state index is 0.00495. The average Bonchev–Trinajstić information content (AvgIpc) is 3.14. The minimum Gasteiger partial charge on any atom is -0.493 e. The van der Waals surface area contributed by atoms with Gasteiger partial charge in [-0.05, 0) is 50.0 Å². The van der Waals surface area contributed by atoms with Crippen molar-refractivity contribution in [2.75, 3.05) is 7.11 Å². The standard InChI is InChI=1S/C20H25ClN2O3/c1-4-13(2)26-19-17(21)10-14(11-18(19)25-3)9-15(12-22)20(24)23-16-7-5-6-8-16/h9-11,13,16H,4-8H2,1-3H3,(H,23,24)/b15-9-/t13-/m0/s1. The van der Waals surface area contributed by atoms with Crippen LogP contribution in [-0.4, -0.2) is 25.2 Å². The van der Waals surface area contributed by atoms with Gasteiger partial charge in [-0.25, -0.2) is 0 Å². The molecule has 2 rings (SSSR count). The monoisotopic (exact) mass is 376 g/mol. The molecular formula is C20H25ClN2O3. The predicted octanol–water partition coefficient (Wildman–Crippen LogP) is 4.49. The fourth-order valence-electron chi connectivity index (χ4n) is 2.87. The van der Waals surface area contributed by atoms with Crippen molar-refractivity contribution in [3.8, 4) is 17.6 Å². The van der Waals surface area contributed by atoms with E-state index in [4.69, 9.17) is 21.1 Å². The summed E-state index contributed by atoms with van der Waals surface area (Å²) < 4.78 is 11.2. The lowest BCUT2D eigenvalue weighted by molar-refractivity contribution is -0.117. The molecule has 1 atom stereocenters. The van der Waals surface area contributed by atoms with E-state index in [9.17, 15) is 10.1 Å². The van der Waals surface area contributed by atoms with Crippen LogP contribution in [0.3, 0.4) is 0 Å². The molecule has 0 spiro atoms. The molecule has 1 aromatic rings. The number of carbonyl (C=O) groups is 1. The molecule has 1 aliphatic rings. The third-order valence-electron chi connectivity index (χ3n) is 4.51. The molecule has 1 saturated carbocycles. The lowest BCUT2D eigenvalue weighted by atomic mass is 10.1. The molecular weight excluding hydrogens is 352 g/mol. The molecule has 0 saturated heterocycles. The zero-order valence-electron chi connectivity index (χ0n) is 15.5. The fourth-order valence-corrected chi connectivity index (χ4v) is 3.13. The summed E-state index contributed by atoms with van der Waals surface area (Å²) in [6.07, 6.45) is 6.50. The zero-order valence-corrected chi connectivity index (χ0v) is 16.2. The molecule has 0 bridgehead atoms. The van der Waals surface area contributed by atoms with Crippen LogP contribution in [0.2, 0.25) is 5.02 Å². The van der Waals surface area contributed by atoms with E-state index < -0.39 is 0 Å². The number of amides is 1. The number of rotatable bonds is 7. The Hall–Kier alpha value is -2.19. The Kier molecular flexibility index (Phi) is 7.35. The first-order valence-corrected chi connectivity index (χ1v) is 9.33. The minimum atomic E-state index is -0.352. The zero-order chi connectivity index (χ0) is 19.1. The Morgan fingerprint density at radius 3 is 2.73 bits per heavy atom. The maximum Gasteiger partial charge on any atom is 0.262 e. The quantitative estimate of drug-likeness (QED) is 0.562. The largest absolute Gasteiger partial charge is 0.493 e. The second-order valence-electron chi connectivity index (χ2n) is 6.50. The first kappa shape index (κ1) is 20.1. The van der Waals surface area contributed by atoms with Crippen LogP contribution in [0, 0.1) is 11.3 Å². The maximum atomic E-state index is 12.3. The topological polar surface area (TPSA) is 71.3 Å². The van der Waals surface area contributed by atoms with E-state index in [2.05, 4.69) is 5.32 Å². The number of ether oxygens (including phenoxy) is 2. The second-order valence-corrected chi connectivity index (χ2v) is 6.90. The molecule has 1 N–H and O–H groups in total. The Labute approximate surface area is 159 Å². The molecule has 0 radical (unpaired) electrons. The van der Waals surface area contributed by atoms with Crippen molar-refractivity contribution in [3.63, 3.8) is 0 Å². The van der Waals surface area contributed by atoms with E-state index in [1.54, 1.807) is 12.1 Å². The Bertz CT molecular complexity index is 719. The van der Waals surface area contributed by atoms with Crippen LogP contribution in [0.5, 0.6) is 11.5 Å². The normalized spacial score (nSPS) is 16.0. The van der Waals surface area contributed by atoms with Crippen LogP contribution in [0.15, 0.2) is 17.7 Å². The number of nitrogens with one attached hydrogen (secondary N) is 1. The average molecular weight is 377 g/mol. The van der Waals surface area contributed by atoms with Crippen molar-refractivity contribution in [2.24, 2.45) is 0 Å². The summed E-state index contributed by atoms with van der Waals surface area (Å²) in [6, 6.07) is 5.51. The molecule has 1 aliphatic carbocycles. The lowest BCUT2D eigenvalue weighted by Crippen LogP contribution is -2.33. The van der Waals surface area contributed by atoms with Gasteiger partial charge in [0.1, 0.15) is 11.6 Å². The van der Waals surface area contributed by atoms with Gasteiger partial charge >= 0.3 is 0 Å². The molecule has 0 aromatic heterocycles. The molecule has 0 aliphatic heterocycles. The van der Waals surface area contributed by atoms with E-state index in [0.29, 0.717) is 22.1 Å². The van der Waals surface area contributed by atoms with Crippen LogP contribution in [-0.2, 0) is 4.79 Å². The van der Waals surface area contributed by atoms with Gasteiger partial charge in [-0.1, -0.05) is 31.4 Å². The number of benzene rings is 1. The summed E-state index contributed by atoms with van der Waals surface area (Å²) in [4.78, 5) is 12.3. The van der Waals surface area contributed by atoms with E-state index >= 15 is 0 Å². The van der Waals surface area contributed by atoms with Crippen LogP contribution in [0.1, 0.15) is 51.5 Å². The van der Waals surface area contributed by atoms with Crippen molar-refractivity contribution < 1.29 is 14.3 Å². The van der Waals surface area contributed by atoms with Gasteiger partial charge in [0, 0.05) is 6.04 Å². The first-order valence-electron chi connectivity index (χ1n) is 8.95. The van der Waals surface area contributed by atoms with Crippen molar-refractivity contribution in [2.45, 2.75) is 58.1 Å². The smallest absolute Gasteiger partial charge is 0.262 e. The van der Waals surface area contributed by atoms with Gasteiger partial charge in [0.15, 0.2) is 11.5 Å². The van der Waals surface area contributed by atoms with E-state index in [0.717, 1.165) is 32.1 Å². The van der Waals surface area contributed by atoms with E-state index in [1.807, 2.05) is 19.9 Å². The molecule has 0 unspecified atom stereocenters. The lowest BCUT2D eigenvalue weighted by Gasteiger charge is -2.17. The summed E-state index contributed by atoms with van der Waals surface area (Å²) in [5, 5.41) is 12.7. The third-order valence-corrected chi connectivity index (χ3v) is 4.79. The van der Waals surface area contributed by atoms with Crippen LogP contribution < -0.4 is 14.8 Å². The number of nitrogens with zero attached hydrogens (tertiary/aromatic N) is 1. The molecule has 6 heteroatoms. The summed E-state index contributed by atoms with van der Waals surface area (Å²) in [5.74, 6) is 0.585. The summed E-state index contributed by atoms with van der Waals surface area (Å²) in [7, 11) is 1.53. The van der Waals surface area contributed by atoms with Crippen molar-refractivity contribution in [3.05, 3.63) is 28.3 Å². The molecule has 1 aromatic carbocycles. The van der Waals surface area contributed by atoms with Crippen LogP contribution in [0.4, 0.5) is 0 Å². The second kappa shape index (κ2) is 9.49. The number of hydrogen-bond donors (Lipinski definition) is 1. The highest BCUT2D eigenvalue weighted by molar-refractivity contribution is 6.32. The Balaban J connectivity index is 2.25. The fraction of sp³-hybridized carbons (Fsp3) is 0.500. The number of nitriles is 1. The van der Waals surface area contributed by atoms with E-state index in [-0.39, 0.29) is 23.6 Å². The molecule has 0 heterocycles. The summed E-state index contributed by atoms with van der Waals surface area (Å²) in [5.41, 5.74) is 0.659. The Morgan fingerprint density at radius 1 is 1.46 bits per heavy atom. The SMILES string of the molecule is CC[C@H](C)Oc1c(Cl)cc(/C=C(/C#N)C(=O)NC2CCCC2)cc1OC. The van der Waals surface area contributed by atoms with Gasteiger partial charge in [-0.15, -0.1) is 0 Å². The van der Waals surface area contributed by atoms with Gasteiger partial charge in [0.05, 0.1) is 18.2 Å². The van der Waals surface area contributed by atoms with Gasteiger partial charge in [-0.2, -0.15) is 5.26 Å². The molecule has 5 nitrogen and oxygen atoms in total. The maximum absolute atomic E-state index is 12.3. The highest BCUT2D eigenvalue weighted by Gasteiger charge is 2.20.